The van der Waals surface area contributed by atoms with Gasteiger partial charge in [0, 0.05) is 26.2 Å². The Kier molecular flexibility index (Phi) is 7.96. The van der Waals surface area contributed by atoms with E-state index in [4.69, 9.17) is 5.11 Å². The number of hydrogen-bond acceptors (Lipinski definition) is 3. The highest BCUT2D eigenvalue weighted by molar-refractivity contribution is 5.27. The average molecular weight is 407 g/mol. The Bertz CT molecular complexity index is 733. The zero-order valence-corrected chi connectivity index (χ0v) is 18.4. The molecule has 0 unspecified atom stereocenters. The van der Waals surface area contributed by atoms with E-state index in [9.17, 15) is 0 Å². The van der Waals surface area contributed by atoms with Gasteiger partial charge in [0.1, 0.15) is 0 Å². The van der Waals surface area contributed by atoms with Crippen molar-refractivity contribution >= 4 is 0 Å². The summed E-state index contributed by atoms with van der Waals surface area (Å²) < 4.78 is 0. The van der Waals surface area contributed by atoms with Crippen molar-refractivity contribution in [3.05, 3.63) is 71.3 Å². The van der Waals surface area contributed by atoms with Crippen LogP contribution in [0.1, 0.15) is 61.1 Å². The van der Waals surface area contributed by atoms with Gasteiger partial charge in [-0.15, -0.1) is 0 Å². The van der Waals surface area contributed by atoms with Gasteiger partial charge < -0.3 is 5.11 Å². The molecule has 4 rings (SSSR count). The third-order valence-corrected chi connectivity index (χ3v) is 6.94. The van der Waals surface area contributed by atoms with Gasteiger partial charge >= 0.3 is 0 Å². The fourth-order valence-electron chi connectivity index (χ4n) is 5.14. The molecule has 0 bridgehead atoms. The lowest BCUT2D eigenvalue weighted by Gasteiger charge is -2.39. The minimum absolute atomic E-state index is 0.304. The second kappa shape index (κ2) is 11.1. The van der Waals surface area contributed by atoms with Gasteiger partial charge in [-0.25, -0.2) is 0 Å². The Labute approximate surface area is 182 Å². The number of unbranched alkanes of at least 4 members (excludes halogenated alkanes) is 1. The molecule has 1 aliphatic heterocycles. The number of hydrogen-bond donors (Lipinski definition) is 1. The Morgan fingerprint density at radius 3 is 2.30 bits per heavy atom. The summed E-state index contributed by atoms with van der Waals surface area (Å²) in [6.07, 6.45) is 7.35. The SMILES string of the molecule is OCCCCN(Cc1ccccc1)C[C@H]1C[C@H](c2ccc(CN3CCCC3)cc2)C1. The van der Waals surface area contributed by atoms with Gasteiger partial charge in [-0.1, -0.05) is 54.6 Å². The molecule has 1 saturated heterocycles. The van der Waals surface area contributed by atoms with E-state index in [2.05, 4.69) is 64.4 Å². The van der Waals surface area contributed by atoms with E-state index in [-0.39, 0.29) is 0 Å². The molecule has 30 heavy (non-hydrogen) atoms. The van der Waals surface area contributed by atoms with Crippen LogP contribution in [0.5, 0.6) is 0 Å². The lowest BCUT2D eigenvalue weighted by atomic mass is 9.71. The van der Waals surface area contributed by atoms with Crippen LogP contribution in [0.4, 0.5) is 0 Å². The fraction of sp³-hybridized carbons (Fsp3) is 0.556. The third kappa shape index (κ3) is 6.16. The van der Waals surface area contributed by atoms with Gasteiger partial charge in [-0.3, -0.25) is 9.80 Å². The molecule has 162 valence electrons. The maximum absolute atomic E-state index is 9.15. The van der Waals surface area contributed by atoms with Crippen molar-refractivity contribution in [3.8, 4) is 0 Å². The molecule has 2 fully saturated rings. The lowest BCUT2D eigenvalue weighted by molar-refractivity contribution is 0.148. The number of likely N-dealkylation sites (tertiary alicyclic amines) is 1. The summed E-state index contributed by atoms with van der Waals surface area (Å²) in [5.74, 6) is 1.55. The Morgan fingerprint density at radius 2 is 1.60 bits per heavy atom. The second-order valence-electron chi connectivity index (χ2n) is 9.41. The van der Waals surface area contributed by atoms with Gasteiger partial charge in [-0.05, 0) is 86.7 Å². The van der Waals surface area contributed by atoms with Crippen molar-refractivity contribution in [2.75, 3.05) is 32.8 Å². The van der Waals surface area contributed by atoms with Crippen molar-refractivity contribution in [3.63, 3.8) is 0 Å². The molecular weight excluding hydrogens is 368 g/mol. The first-order chi connectivity index (χ1) is 14.8. The van der Waals surface area contributed by atoms with E-state index in [1.807, 2.05) is 0 Å². The van der Waals surface area contributed by atoms with Gasteiger partial charge in [0.2, 0.25) is 0 Å². The van der Waals surface area contributed by atoms with Crippen LogP contribution in [0.25, 0.3) is 0 Å². The van der Waals surface area contributed by atoms with Crippen LogP contribution in [-0.2, 0) is 13.1 Å². The number of nitrogens with zero attached hydrogens (tertiary/aromatic N) is 2. The van der Waals surface area contributed by atoms with Crippen LogP contribution >= 0.6 is 0 Å². The van der Waals surface area contributed by atoms with Crippen LogP contribution in [0, 0.1) is 5.92 Å². The van der Waals surface area contributed by atoms with Crippen molar-refractivity contribution < 1.29 is 5.11 Å². The van der Waals surface area contributed by atoms with Gasteiger partial charge in [0.25, 0.3) is 0 Å². The first kappa shape index (κ1) is 21.5. The van der Waals surface area contributed by atoms with Crippen LogP contribution in [0.15, 0.2) is 54.6 Å². The molecule has 3 nitrogen and oxygen atoms in total. The third-order valence-electron chi connectivity index (χ3n) is 6.94. The molecule has 0 amide bonds. The maximum Gasteiger partial charge on any atom is 0.0431 e. The molecule has 2 aromatic carbocycles. The molecule has 0 aromatic heterocycles. The summed E-state index contributed by atoms with van der Waals surface area (Å²) in [5.41, 5.74) is 4.40. The summed E-state index contributed by atoms with van der Waals surface area (Å²) in [7, 11) is 0. The van der Waals surface area contributed by atoms with Crippen molar-refractivity contribution in [2.24, 2.45) is 5.92 Å². The van der Waals surface area contributed by atoms with Crippen LogP contribution < -0.4 is 0 Å². The Hall–Kier alpha value is -1.68. The molecule has 3 heteroatoms. The summed E-state index contributed by atoms with van der Waals surface area (Å²) in [6.45, 7) is 7.26. The second-order valence-corrected chi connectivity index (χ2v) is 9.41. The Morgan fingerprint density at radius 1 is 0.867 bits per heavy atom. The average Bonchev–Trinajstić information content (AvgIpc) is 3.25. The molecule has 1 N–H and O–H groups in total. The molecule has 2 aromatic rings. The molecule has 2 aliphatic rings. The van der Waals surface area contributed by atoms with E-state index in [0.29, 0.717) is 6.61 Å². The minimum Gasteiger partial charge on any atom is -0.396 e. The Balaban J connectivity index is 1.25. The molecule has 1 saturated carbocycles. The zero-order chi connectivity index (χ0) is 20.6. The lowest BCUT2D eigenvalue weighted by Crippen LogP contribution is -2.36. The number of aliphatic hydroxyl groups is 1. The largest absolute Gasteiger partial charge is 0.396 e. The van der Waals surface area contributed by atoms with Gasteiger partial charge in [-0.2, -0.15) is 0 Å². The molecule has 1 aliphatic carbocycles. The number of aliphatic hydroxyl groups excluding tert-OH is 1. The quantitative estimate of drug-likeness (QED) is 0.529. The summed E-state index contributed by atoms with van der Waals surface area (Å²) in [5, 5.41) is 9.15. The predicted molar refractivity (Wildman–Crippen MR) is 124 cm³/mol. The first-order valence-electron chi connectivity index (χ1n) is 12.0. The van der Waals surface area contributed by atoms with Crippen LogP contribution in [-0.4, -0.2) is 47.7 Å². The van der Waals surface area contributed by atoms with E-state index < -0.39 is 0 Å². The normalized spacial score (nSPS) is 21.8. The topological polar surface area (TPSA) is 26.7 Å². The molecule has 0 spiro atoms. The highest BCUT2D eigenvalue weighted by Crippen LogP contribution is 2.42. The summed E-state index contributed by atoms with van der Waals surface area (Å²) in [6, 6.07) is 20.3. The number of rotatable bonds is 11. The standard InChI is InChI=1S/C27H38N2O/c30-17-7-6-16-29(21-23-8-2-1-3-9-23)22-25-18-27(19-25)26-12-10-24(11-13-26)20-28-14-4-5-15-28/h1-3,8-13,25,27,30H,4-7,14-22H2/t25-,27-. The zero-order valence-electron chi connectivity index (χ0n) is 18.4. The predicted octanol–water partition coefficient (Wildman–Crippen LogP) is 5.05. The van der Waals surface area contributed by atoms with E-state index >= 15 is 0 Å². The van der Waals surface area contributed by atoms with Crippen LogP contribution in [0.3, 0.4) is 0 Å². The van der Waals surface area contributed by atoms with Crippen LogP contribution in [0.2, 0.25) is 0 Å². The molecular formula is C27H38N2O. The van der Waals surface area contributed by atoms with Crippen molar-refractivity contribution in [1.29, 1.82) is 0 Å². The first-order valence-corrected chi connectivity index (χ1v) is 12.0. The maximum atomic E-state index is 9.15. The highest BCUT2D eigenvalue weighted by Gasteiger charge is 2.31. The van der Waals surface area contributed by atoms with Crippen molar-refractivity contribution in [2.45, 2.75) is 57.5 Å². The minimum atomic E-state index is 0.304. The molecule has 0 radical (unpaired) electrons. The monoisotopic (exact) mass is 406 g/mol. The number of benzene rings is 2. The van der Waals surface area contributed by atoms with E-state index in [1.54, 1.807) is 0 Å². The highest BCUT2D eigenvalue weighted by atomic mass is 16.2. The van der Waals surface area contributed by atoms with Gasteiger partial charge in [0.05, 0.1) is 0 Å². The van der Waals surface area contributed by atoms with E-state index in [1.165, 1.54) is 62.0 Å². The van der Waals surface area contributed by atoms with E-state index in [0.717, 1.165) is 44.3 Å². The smallest absolute Gasteiger partial charge is 0.0431 e. The molecule has 1 heterocycles. The fourth-order valence-corrected chi connectivity index (χ4v) is 5.14. The van der Waals surface area contributed by atoms with Crippen molar-refractivity contribution in [1.82, 2.24) is 9.80 Å². The summed E-state index contributed by atoms with van der Waals surface area (Å²) in [4.78, 5) is 5.18. The van der Waals surface area contributed by atoms with Gasteiger partial charge in [0.15, 0.2) is 0 Å². The summed E-state index contributed by atoms with van der Waals surface area (Å²) >= 11 is 0. The molecule has 0 atom stereocenters.